The van der Waals surface area contributed by atoms with Gasteiger partial charge in [0.05, 0.1) is 12.2 Å². The van der Waals surface area contributed by atoms with Gasteiger partial charge in [0.25, 0.3) is 5.91 Å². The van der Waals surface area contributed by atoms with E-state index in [1.807, 2.05) is 0 Å². The van der Waals surface area contributed by atoms with E-state index < -0.39 is 49.1 Å². The zero-order valence-corrected chi connectivity index (χ0v) is 14.8. The van der Waals surface area contributed by atoms with E-state index in [2.05, 4.69) is 5.32 Å². The molecular formula is C17H22N2O8. The molecule has 0 spiro atoms. The Hall–Kier alpha value is -2.53. The summed E-state index contributed by atoms with van der Waals surface area (Å²) in [5.41, 5.74) is 5.47. The van der Waals surface area contributed by atoms with E-state index in [0.717, 1.165) is 0 Å². The summed E-state index contributed by atoms with van der Waals surface area (Å²) in [5, 5.41) is 32.0. The summed E-state index contributed by atoms with van der Waals surface area (Å²) < 4.78 is 11.0. The van der Waals surface area contributed by atoms with E-state index in [1.54, 1.807) is 0 Å². The van der Waals surface area contributed by atoms with Crippen molar-refractivity contribution in [2.24, 2.45) is 5.73 Å². The van der Waals surface area contributed by atoms with Crippen LogP contribution >= 0.6 is 0 Å². The van der Waals surface area contributed by atoms with E-state index >= 15 is 0 Å². The van der Waals surface area contributed by atoms with Crippen molar-refractivity contribution in [3.8, 4) is 5.75 Å². The summed E-state index contributed by atoms with van der Waals surface area (Å²) in [7, 11) is 0. The van der Waals surface area contributed by atoms with Crippen molar-refractivity contribution in [3.63, 3.8) is 0 Å². The molecule has 5 atom stereocenters. The number of aliphatic hydroxyl groups excluding tert-OH is 3. The molecule has 1 aromatic rings. The Morgan fingerprint density at radius 1 is 1.22 bits per heavy atom. The standard InChI is InChI=1S/C17H22N2O8/c1-7(21)9-3-4-11(10(5-9)16(18)25)26-17-13(19-8(2)22)15(24)14(23)12(6-20)27-17/h3-5,12-15,17,20,23-24H,6H2,1-2H3,(H2,18,25)(H,19,22). The molecule has 27 heavy (non-hydrogen) atoms. The average molecular weight is 382 g/mol. The number of rotatable bonds is 6. The highest BCUT2D eigenvalue weighted by atomic mass is 16.7. The van der Waals surface area contributed by atoms with Gasteiger partial charge in [-0.1, -0.05) is 0 Å². The molecule has 10 heteroatoms. The molecule has 1 heterocycles. The van der Waals surface area contributed by atoms with Gasteiger partial charge in [-0.2, -0.15) is 0 Å². The first-order valence-corrected chi connectivity index (χ1v) is 8.16. The lowest BCUT2D eigenvalue weighted by molar-refractivity contribution is -0.244. The molecule has 0 saturated carbocycles. The monoisotopic (exact) mass is 382 g/mol. The summed E-state index contributed by atoms with van der Waals surface area (Å²) in [4.78, 5) is 34.7. The Labute approximate surface area is 154 Å². The molecule has 0 aliphatic carbocycles. The molecule has 5 unspecified atom stereocenters. The number of nitrogens with one attached hydrogen (secondary N) is 1. The van der Waals surface area contributed by atoms with Crippen LogP contribution in [0.5, 0.6) is 5.75 Å². The van der Waals surface area contributed by atoms with Gasteiger partial charge in [0.1, 0.15) is 30.1 Å². The third-order valence-corrected chi connectivity index (χ3v) is 4.15. The van der Waals surface area contributed by atoms with Crippen LogP contribution in [0.15, 0.2) is 18.2 Å². The van der Waals surface area contributed by atoms with Gasteiger partial charge in [-0.3, -0.25) is 14.4 Å². The highest BCUT2D eigenvalue weighted by molar-refractivity contribution is 6.00. The van der Waals surface area contributed by atoms with Gasteiger partial charge < -0.3 is 35.8 Å². The molecule has 10 nitrogen and oxygen atoms in total. The molecule has 1 aromatic carbocycles. The van der Waals surface area contributed by atoms with E-state index in [4.69, 9.17) is 15.2 Å². The normalized spacial score (nSPS) is 27.7. The van der Waals surface area contributed by atoms with Gasteiger partial charge in [-0.05, 0) is 25.1 Å². The maximum absolute atomic E-state index is 11.7. The third-order valence-electron chi connectivity index (χ3n) is 4.15. The highest BCUT2D eigenvalue weighted by Crippen LogP contribution is 2.27. The minimum Gasteiger partial charge on any atom is -0.462 e. The van der Waals surface area contributed by atoms with Crippen molar-refractivity contribution >= 4 is 17.6 Å². The van der Waals surface area contributed by atoms with Gasteiger partial charge >= 0.3 is 0 Å². The van der Waals surface area contributed by atoms with Crippen molar-refractivity contribution in [1.29, 1.82) is 0 Å². The Morgan fingerprint density at radius 3 is 2.41 bits per heavy atom. The molecule has 1 fully saturated rings. The number of nitrogens with two attached hydrogens (primary N) is 1. The zero-order chi connectivity index (χ0) is 20.3. The lowest BCUT2D eigenvalue weighted by Crippen LogP contribution is -2.65. The minimum atomic E-state index is -1.50. The topological polar surface area (TPSA) is 168 Å². The predicted molar refractivity (Wildman–Crippen MR) is 91.0 cm³/mol. The van der Waals surface area contributed by atoms with Crippen LogP contribution in [0.1, 0.15) is 34.6 Å². The largest absolute Gasteiger partial charge is 0.462 e. The first-order valence-electron chi connectivity index (χ1n) is 8.16. The molecule has 1 aliphatic rings. The summed E-state index contributed by atoms with van der Waals surface area (Å²) in [5.74, 6) is -1.71. The van der Waals surface area contributed by atoms with E-state index in [0.29, 0.717) is 0 Å². The van der Waals surface area contributed by atoms with Gasteiger partial charge in [0.15, 0.2) is 5.78 Å². The average Bonchev–Trinajstić information content (AvgIpc) is 2.60. The van der Waals surface area contributed by atoms with Crippen LogP contribution in [0.25, 0.3) is 0 Å². The first-order chi connectivity index (χ1) is 12.6. The van der Waals surface area contributed by atoms with Crippen LogP contribution in [0.3, 0.4) is 0 Å². The lowest BCUT2D eigenvalue weighted by Gasteiger charge is -2.42. The molecule has 148 valence electrons. The SMILES string of the molecule is CC(=O)NC1C(Oc2ccc(C(C)=O)cc2C(N)=O)OC(CO)C(O)C1O. The smallest absolute Gasteiger partial charge is 0.252 e. The van der Waals surface area contributed by atoms with Crippen LogP contribution in [0, 0.1) is 0 Å². The van der Waals surface area contributed by atoms with E-state index in [9.17, 15) is 29.7 Å². The predicted octanol–water partition coefficient (Wildman–Crippen LogP) is -1.69. The number of ether oxygens (including phenoxy) is 2. The molecule has 1 aliphatic heterocycles. The van der Waals surface area contributed by atoms with Crippen molar-refractivity contribution in [1.82, 2.24) is 5.32 Å². The fraction of sp³-hybridized carbons (Fsp3) is 0.471. The fourth-order valence-corrected chi connectivity index (χ4v) is 2.74. The number of aliphatic hydroxyl groups is 3. The number of hydrogen-bond donors (Lipinski definition) is 5. The number of carbonyl (C=O) groups is 3. The van der Waals surface area contributed by atoms with Crippen LogP contribution in [0.4, 0.5) is 0 Å². The number of benzene rings is 1. The lowest BCUT2D eigenvalue weighted by atomic mass is 9.97. The number of carbonyl (C=O) groups excluding carboxylic acids is 3. The second-order valence-corrected chi connectivity index (χ2v) is 6.18. The highest BCUT2D eigenvalue weighted by Gasteiger charge is 2.46. The minimum absolute atomic E-state index is 0.0480. The van der Waals surface area contributed by atoms with Crippen molar-refractivity contribution in [2.75, 3.05) is 6.61 Å². The summed E-state index contributed by atoms with van der Waals surface area (Å²) in [6, 6.07) is 2.81. The molecular weight excluding hydrogens is 360 g/mol. The second kappa shape index (κ2) is 8.44. The van der Waals surface area contributed by atoms with Gasteiger partial charge in [-0.25, -0.2) is 0 Å². The van der Waals surface area contributed by atoms with Gasteiger partial charge in [0.2, 0.25) is 12.2 Å². The molecule has 2 amide bonds. The second-order valence-electron chi connectivity index (χ2n) is 6.18. The Bertz CT molecular complexity index is 738. The quantitative estimate of drug-likeness (QED) is 0.363. The van der Waals surface area contributed by atoms with Crippen molar-refractivity contribution in [2.45, 2.75) is 44.5 Å². The van der Waals surface area contributed by atoms with Crippen LogP contribution in [-0.2, 0) is 9.53 Å². The van der Waals surface area contributed by atoms with Crippen molar-refractivity contribution in [3.05, 3.63) is 29.3 Å². The van der Waals surface area contributed by atoms with E-state index in [-0.39, 0.29) is 22.7 Å². The van der Waals surface area contributed by atoms with Crippen LogP contribution < -0.4 is 15.8 Å². The number of hydrogen-bond acceptors (Lipinski definition) is 8. The number of amides is 2. The number of ketones is 1. The summed E-state index contributed by atoms with van der Waals surface area (Å²) >= 11 is 0. The number of Topliss-reactive ketones (excluding diaryl/α,β-unsaturated/α-hetero) is 1. The maximum atomic E-state index is 11.7. The summed E-state index contributed by atoms with van der Waals surface area (Å²) in [6.45, 7) is 1.91. The van der Waals surface area contributed by atoms with Crippen molar-refractivity contribution < 1.29 is 39.2 Å². The first kappa shape index (κ1) is 20.8. The van der Waals surface area contributed by atoms with Gasteiger partial charge in [0, 0.05) is 12.5 Å². The van der Waals surface area contributed by atoms with Gasteiger partial charge in [-0.15, -0.1) is 0 Å². The molecule has 2 rings (SSSR count). The fourth-order valence-electron chi connectivity index (χ4n) is 2.74. The molecule has 6 N–H and O–H groups in total. The molecule has 0 aromatic heterocycles. The summed E-state index contributed by atoms with van der Waals surface area (Å²) in [6.07, 6.45) is -5.49. The molecule has 1 saturated heterocycles. The molecule has 0 radical (unpaired) electrons. The van der Waals surface area contributed by atoms with E-state index in [1.165, 1.54) is 32.0 Å². The Kier molecular flexibility index (Phi) is 6.50. The number of primary amides is 1. The van der Waals surface area contributed by atoms with Crippen LogP contribution in [0.2, 0.25) is 0 Å². The Balaban J connectivity index is 2.37. The Morgan fingerprint density at radius 2 is 1.89 bits per heavy atom. The third kappa shape index (κ3) is 4.61. The maximum Gasteiger partial charge on any atom is 0.252 e. The van der Waals surface area contributed by atoms with Crippen LogP contribution in [-0.4, -0.2) is 70.2 Å². The molecule has 0 bridgehead atoms. The zero-order valence-electron chi connectivity index (χ0n) is 14.8.